The Labute approximate surface area is 71.7 Å². The lowest BCUT2D eigenvalue weighted by atomic mass is 9.96. The van der Waals surface area contributed by atoms with Crippen molar-refractivity contribution < 1.29 is 4.79 Å². The molecule has 1 aliphatic carbocycles. The molecule has 0 radical (unpaired) electrons. The first kappa shape index (κ1) is 8.54. The zero-order chi connectivity index (χ0) is 8.43. The molecule has 0 N–H and O–H groups in total. The molecule has 11 heavy (non-hydrogen) atoms. The summed E-state index contributed by atoms with van der Waals surface area (Å²) in [7, 11) is 0. The minimum Gasteiger partial charge on any atom is -0.295 e. The maximum Gasteiger partial charge on any atom is 0.159 e. The molecule has 0 aromatic heterocycles. The van der Waals surface area contributed by atoms with Crippen LogP contribution in [-0.2, 0) is 4.79 Å². The van der Waals surface area contributed by atoms with Crippen molar-refractivity contribution in [2.45, 2.75) is 19.2 Å². The van der Waals surface area contributed by atoms with E-state index >= 15 is 0 Å². The molecule has 60 valence electrons. The van der Waals surface area contributed by atoms with E-state index in [0.717, 1.165) is 5.57 Å². The summed E-state index contributed by atoms with van der Waals surface area (Å²) in [5.41, 5.74) is 0.773. The van der Waals surface area contributed by atoms with Crippen LogP contribution in [0.3, 0.4) is 0 Å². The third-order valence-corrected chi connectivity index (χ3v) is 2.35. The molecule has 0 bridgehead atoms. The number of Topliss-reactive ketones (excluding diaryl/α,β-unsaturated/α-hetero) is 1. The number of ketones is 1. The smallest absolute Gasteiger partial charge is 0.159 e. The number of rotatable bonds is 1. The van der Waals surface area contributed by atoms with E-state index in [-0.39, 0.29) is 17.1 Å². The van der Waals surface area contributed by atoms with Gasteiger partial charge in [-0.05, 0) is 12.8 Å². The van der Waals surface area contributed by atoms with E-state index in [2.05, 4.69) is 0 Å². The summed E-state index contributed by atoms with van der Waals surface area (Å²) >= 11 is 5.89. The fraction of sp³-hybridized carbons (Fsp3) is 0.444. The first-order chi connectivity index (χ1) is 5.11. The molecule has 0 saturated heterocycles. The highest BCUT2D eigenvalue weighted by atomic mass is 35.5. The lowest BCUT2D eigenvalue weighted by Gasteiger charge is -2.15. The van der Waals surface area contributed by atoms with Gasteiger partial charge in [-0.3, -0.25) is 4.79 Å². The summed E-state index contributed by atoms with van der Waals surface area (Å²) in [5.74, 6) is 0.372. The Morgan fingerprint density at radius 1 is 1.64 bits per heavy atom. The van der Waals surface area contributed by atoms with Crippen molar-refractivity contribution in [3.8, 4) is 0 Å². The van der Waals surface area contributed by atoms with Crippen LogP contribution in [0.15, 0.2) is 23.8 Å². The molecule has 1 rings (SSSR count). The van der Waals surface area contributed by atoms with Gasteiger partial charge in [0.05, 0.1) is 5.38 Å². The number of hydrogen-bond acceptors (Lipinski definition) is 1. The molecule has 2 heteroatoms. The molecule has 0 fully saturated rings. The van der Waals surface area contributed by atoms with E-state index < -0.39 is 0 Å². The van der Waals surface area contributed by atoms with Gasteiger partial charge in [0, 0.05) is 5.57 Å². The molecule has 2 atom stereocenters. The second-order valence-corrected chi connectivity index (χ2v) is 3.34. The zero-order valence-electron chi connectivity index (χ0n) is 6.67. The van der Waals surface area contributed by atoms with Gasteiger partial charge in [-0.2, -0.15) is 0 Å². The van der Waals surface area contributed by atoms with Crippen LogP contribution in [0.25, 0.3) is 0 Å². The van der Waals surface area contributed by atoms with E-state index in [1.807, 2.05) is 19.1 Å². The van der Waals surface area contributed by atoms with Crippen molar-refractivity contribution in [1.82, 2.24) is 0 Å². The quantitative estimate of drug-likeness (QED) is 0.552. The summed E-state index contributed by atoms with van der Waals surface area (Å²) in [6.07, 6.45) is 5.57. The Morgan fingerprint density at radius 2 is 2.27 bits per heavy atom. The SMILES string of the molecule is CC(=O)C1=CC(C)C(Cl)C=C1. The maximum atomic E-state index is 10.9. The van der Waals surface area contributed by atoms with Gasteiger partial charge in [0.15, 0.2) is 5.78 Å². The predicted octanol–water partition coefficient (Wildman–Crippen LogP) is 2.32. The minimum absolute atomic E-state index is 0.0399. The van der Waals surface area contributed by atoms with Crippen LogP contribution in [0.5, 0.6) is 0 Å². The summed E-state index contributed by atoms with van der Waals surface area (Å²) in [5, 5.41) is 0.0399. The molecule has 0 heterocycles. The maximum absolute atomic E-state index is 10.9. The standard InChI is InChI=1S/C9H11ClO/c1-6-5-8(7(2)11)3-4-9(6)10/h3-6,9H,1-2H3. The van der Waals surface area contributed by atoms with Gasteiger partial charge >= 0.3 is 0 Å². The van der Waals surface area contributed by atoms with Gasteiger partial charge < -0.3 is 0 Å². The number of carbonyl (C=O) groups is 1. The summed E-state index contributed by atoms with van der Waals surface area (Å²) in [4.78, 5) is 10.9. The van der Waals surface area contributed by atoms with Gasteiger partial charge in [0.2, 0.25) is 0 Å². The second-order valence-electron chi connectivity index (χ2n) is 2.84. The van der Waals surface area contributed by atoms with Gasteiger partial charge in [0.25, 0.3) is 0 Å². The molecule has 0 aromatic rings. The predicted molar refractivity (Wildman–Crippen MR) is 46.7 cm³/mol. The molecule has 0 amide bonds. The minimum atomic E-state index is 0.0399. The molecule has 1 nitrogen and oxygen atoms in total. The van der Waals surface area contributed by atoms with Gasteiger partial charge in [-0.25, -0.2) is 0 Å². The third-order valence-electron chi connectivity index (χ3n) is 1.81. The molecular formula is C9H11ClO. The normalized spacial score (nSPS) is 29.9. The Balaban J connectivity index is 2.80. The topological polar surface area (TPSA) is 17.1 Å². The van der Waals surface area contributed by atoms with Crippen molar-refractivity contribution in [2.24, 2.45) is 5.92 Å². The Morgan fingerprint density at radius 3 is 2.73 bits per heavy atom. The van der Waals surface area contributed by atoms with Crippen LogP contribution < -0.4 is 0 Å². The fourth-order valence-electron chi connectivity index (χ4n) is 1.04. The first-order valence-electron chi connectivity index (χ1n) is 3.66. The van der Waals surface area contributed by atoms with Crippen LogP contribution >= 0.6 is 11.6 Å². The largest absolute Gasteiger partial charge is 0.295 e. The number of allylic oxidation sites excluding steroid dienone is 4. The molecule has 0 saturated carbocycles. The molecule has 0 aromatic carbocycles. The van der Waals surface area contributed by atoms with E-state index in [9.17, 15) is 4.79 Å². The second kappa shape index (κ2) is 3.22. The Hall–Kier alpha value is -0.560. The average molecular weight is 171 g/mol. The van der Waals surface area contributed by atoms with Crippen molar-refractivity contribution in [3.05, 3.63) is 23.8 Å². The highest BCUT2D eigenvalue weighted by molar-refractivity contribution is 6.22. The number of carbonyl (C=O) groups excluding carboxylic acids is 1. The summed E-state index contributed by atoms with van der Waals surface area (Å²) in [6, 6.07) is 0. The average Bonchev–Trinajstić information content (AvgIpc) is 1.94. The van der Waals surface area contributed by atoms with E-state index in [4.69, 9.17) is 11.6 Å². The van der Waals surface area contributed by atoms with Crippen molar-refractivity contribution in [3.63, 3.8) is 0 Å². The van der Waals surface area contributed by atoms with Crippen LogP contribution in [0.4, 0.5) is 0 Å². The molecule has 2 unspecified atom stereocenters. The fourth-order valence-corrected chi connectivity index (χ4v) is 1.18. The lowest BCUT2D eigenvalue weighted by molar-refractivity contribution is -0.113. The molecule has 0 aliphatic heterocycles. The Kier molecular flexibility index (Phi) is 2.50. The first-order valence-corrected chi connectivity index (χ1v) is 4.10. The highest BCUT2D eigenvalue weighted by Crippen LogP contribution is 2.21. The molecular weight excluding hydrogens is 160 g/mol. The van der Waals surface area contributed by atoms with E-state index in [0.29, 0.717) is 0 Å². The lowest BCUT2D eigenvalue weighted by Crippen LogP contribution is -2.12. The number of halogens is 1. The van der Waals surface area contributed by atoms with Crippen molar-refractivity contribution in [1.29, 1.82) is 0 Å². The summed E-state index contributed by atoms with van der Waals surface area (Å²) in [6.45, 7) is 3.57. The van der Waals surface area contributed by atoms with Gasteiger partial charge in [0.1, 0.15) is 0 Å². The van der Waals surface area contributed by atoms with Gasteiger partial charge in [-0.1, -0.05) is 25.2 Å². The highest BCUT2D eigenvalue weighted by Gasteiger charge is 2.15. The Bertz CT molecular complexity index is 228. The number of alkyl halides is 1. The van der Waals surface area contributed by atoms with Gasteiger partial charge in [-0.15, -0.1) is 11.6 Å². The summed E-state index contributed by atoms with van der Waals surface area (Å²) < 4.78 is 0. The van der Waals surface area contributed by atoms with Crippen molar-refractivity contribution in [2.75, 3.05) is 0 Å². The van der Waals surface area contributed by atoms with Crippen LogP contribution in [-0.4, -0.2) is 11.2 Å². The number of hydrogen-bond donors (Lipinski definition) is 0. The van der Waals surface area contributed by atoms with Crippen LogP contribution in [0.1, 0.15) is 13.8 Å². The zero-order valence-corrected chi connectivity index (χ0v) is 7.43. The third kappa shape index (κ3) is 1.93. The van der Waals surface area contributed by atoms with Crippen LogP contribution in [0, 0.1) is 5.92 Å². The van der Waals surface area contributed by atoms with Crippen LogP contribution in [0.2, 0.25) is 0 Å². The molecule has 0 spiro atoms. The van der Waals surface area contributed by atoms with E-state index in [1.54, 1.807) is 13.0 Å². The monoisotopic (exact) mass is 170 g/mol. The molecule has 1 aliphatic rings. The van der Waals surface area contributed by atoms with Crippen molar-refractivity contribution >= 4 is 17.4 Å². The van der Waals surface area contributed by atoms with E-state index in [1.165, 1.54) is 0 Å².